The normalized spacial score (nSPS) is 29.4. The van der Waals surface area contributed by atoms with Gasteiger partial charge < -0.3 is 15.8 Å². The molecule has 0 unspecified atom stereocenters. The zero-order valence-electron chi connectivity index (χ0n) is 12.5. The van der Waals surface area contributed by atoms with Gasteiger partial charge in [0, 0.05) is 18.0 Å². The van der Waals surface area contributed by atoms with Gasteiger partial charge in [0.05, 0.1) is 10.6 Å². The molecule has 1 aromatic carbocycles. The third-order valence-electron chi connectivity index (χ3n) is 4.82. The maximum absolute atomic E-state index is 13.3. The fourth-order valence-corrected chi connectivity index (χ4v) is 3.45. The van der Waals surface area contributed by atoms with Crippen molar-refractivity contribution in [3.8, 4) is 5.75 Å². The summed E-state index contributed by atoms with van der Waals surface area (Å²) in [5, 5.41) is 2.90. The molecule has 0 radical (unpaired) electrons. The molecule has 4 rings (SSSR count). The fourth-order valence-electron chi connectivity index (χ4n) is 3.33. The standard InChI is InChI=1S/C16H18ClFN2O3/c17-11-2-1-10(7-12(11)18)23-9-14(22)20-15-3-5-16(19,6-4-15)13(21)8-15/h1-2,7H,3-6,8-9,19H2,(H,20,22). The van der Waals surface area contributed by atoms with Gasteiger partial charge in [-0.15, -0.1) is 0 Å². The summed E-state index contributed by atoms with van der Waals surface area (Å²) in [4.78, 5) is 24.2. The summed E-state index contributed by atoms with van der Waals surface area (Å²) in [6.07, 6.45) is 2.84. The van der Waals surface area contributed by atoms with Gasteiger partial charge in [-0.3, -0.25) is 9.59 Å². The number of nitrogens with one attached hydrogen (secondary N) is 1. The molecule has 3 aliphatic carbocycles. The van der Waals surface area contributed by atoms with Crippen LogP contribution in [0, 0.1) is 5.82 Å². The first kappa shape index (κ1) is 16.2. The Bertz CT molecular complexity index is 657. The van der Waals surface area contributed by atoms with E-state index in [0.29, 0.717) is 25.7 Å². The van der Waals surface area contributed by atoms with Crippen LogP contribution in [0.3, 0.4) is 0 Å². The van der Waals surface area contributed by atoms with E-state index < -0.39 is 16.9 Å². The topological polar surface area (TPSA) is 81.4 Å². The largest absolute Gasteiger partial charge is 0.484 e. The van der Waals surface area contributed by atoms with Crippen molar-refractivity contribution in [3.05, 3.63) is 29.0 Å². The van der Waals surface area contributed by atoms with Gasteiger partial charge in [-0.05, 0) is 37.8 Å². The van der Waals surface area contributed by atoms with Crippen LogP contribution < -0.4 is 15.8 Å². The van der Waals surface area contributed by atoms with Crippen molar-refractivity contribution in [2.45, 2.75) is 43.2 Å². The third-order valence-corrected chi connectivity index (χ3v) is 5.13. The van der Waals surface area contributed by atoms with Gasteiger partial charge >= 0.3 is 0 Å². The molecule has 0 heterocycles. The molecule has 1 aromatic rings. The van der Waals surface area contributed by atoms with Crippen molar-refractivity contribution >= 4 is 23.3 Å². The van der Waals surface area contributed by atoms with E-state index in [1.165, 1.54) is 12.1 Å². The second kappa shape index (κ2) is 5.76. The molecule has 0 spiro atoms. The SMILES string of the molecule is NC12CCC(NC(=O)COc3ccc(Cl)c(F)c3)(CC1)CC2=O. The Morgan fingerprint density at radius 1 is 1.35 bits per heavy atom. The highest BCUT2D eigenvalue weighted by molar-refractivity contribution is 6.30. The first-order valence-electron chi connectivity index (χ1n) is 7.53. The molecule has 0 saturated heterocycles. The smallest absolute Gasteiger partial charge is 0.258 e. The predicted molar refractivity (Wildman–Crippen MR) is 82.8 cm³/mol. The third kappa shape index (κ3) is 3.19. The lowest BCUT2D eigenvalue weighted by Crippen LogP contribution is -2.66. The summed E-state index contributed by atoms with van der Waals surface area (Å²) in [6.45, 7) is -0.245. The monoisotopic (exact) mass is 340 g/mol. The van der Waals surface area contributed by atoms with Gasteiger partial charge in [-0.1, -0.05) is 11.6 Å². The maximum atomic E-state index is 13.3. The van der Waals surface area contributed by atoms with E-state index in [2.05, 4.69) is 5.32 Å². The number of hydrogen-bond donors (Lipinski definition) is 2. The van der Waals surface area contributed by atoms with Crippen molar-refractivity contribution in [1.29, 1.82) is 0 Å². The first-order valence-corrected chi connectivity index (χ1v) is 7.91. The highest BCUT2D eigenvalue weighted by Crippen LogP contribution is 2.43. The summed E-state index contributed by atoms with van der Waals surface area (Å²) in [7, 11) is 0. The van der Waals surface area contributed by atoms with Crippen LogP contribution in [0.15, 0.2) is 18.2 Å². The zero-order chi connectivity index (χ0) is 16.7. The van der Waals surface area contributed by atoms with E-state index in [0.717, 1.165) is 6.07 Å². The van der Waals surface area contributed by atoms with Crippen LogP contribution in [0.1, 0.15) is 32.1 Å². The molecule has 3 N–H and O–H groups in total. The number of ketones is 1. The van der Waals surface area contributed by atoms with Gasteiger partial charge in [0.25, 0.3) is 5.91 Å². The number of ether oxygens (including phenoxy) is 1. The van der Waals surface area contributed by atoms with Crippen molar-refractivity contribution in [2.75, 3.05) is 6.61 Å². The van der Waals surface area contributed by atoms with E-state index in [4.69, 9.17) is 22.1 Å². The van der Waals surface area contributed by atoms with E-state index >= 15 is 0 Å². The van der Waals surface area contributed by atoms with E-state index in [1.54, 1.807) is 0 Å². The molecule has 1 amide bonds. The van der Waals surface area contributed by atoms with Crippen LogP contribution in [-0.2, 0) is 9.59 Å². The van der Waals surface area contributed by atoms with Crippen LogP contribution in [0.4, 0.5) is 4.39 Å². The highest BCUT2D eigenvalue weighted by Gasteiger charge is 2.52. The molecule has 3 saturated carbocycles. The number of carbonyl (C=O) groups is 2. The molecule has 23 heavy (non-hydrogen) atoms. The van der Waals surface area contributed by atoms with Gasteiger partial charge in [-0.2, -0.15) is 0 Å². The number of benzene rings is 1. The number of amides is 1. The Kier molecular flexibility index (Phi) is 4.06. The molecule has 0 atom stereocenters. The van der Waals surface area contributed by atoms with E-state index in [9.17, 15) is 14.0 Å². The van der Waals surface area contributed by atoms with Gasteiger partial charge in [-0.25, -0.2) is 4.39 Å². The summed E-state index contributed by atoms with van der Waals surface area (Å²) < 4.78 is 18.6. The summed E-state index contributed by atoms with van der Waals surface area (Å²) >= 11 is 5.59. The molecular weight excluding hydrogens is 323 g/mol. The van der Waals surface area contributed by atoms with E-state index in [1.807, 2.05) is 0 Å². The average Bonchev–Trinajstić information content (AvgIpc) is 2.51. The van der Waals surface area contributed by atoms with Crippen LogP contribution in [0.5, 0.6) is 5.75 Å². The van der Waals surface area contributed by atoms with Gasteiger partial charge in [0.15, 0.2) is 12.4 Å². The number of halogens is 2. The van der Waals surface area contributed by atoms with Gasteiger partial charge in [0.1, 0.15) is 11.6 Å². The average molecular weight is 341 g/mol. The first-order chi connectivity index (χ1) is 10.8. The zero-order valence-corrected chi connectivity index (χ0v) is 13.3. The molecule has 2 bridgehead atoms. The molecule has 3 aliphatic rings. The molecule has 7 heteroatoms. The minimum absolute atomic E-state index is 0.00566. The summed E-state index contributed by atoms with van der Waals surface area (Å²) in [5.41, 5.74) is 4.84. The van der Waals surface area contributed by atoms with Crippen LogP contribution >= 0.6 is 11.6 Å². The lowest BCUT2D eigenvalue weighted by atomic mass is 9.61. The molecular formula is C16H18ClFN2O3. The molecule has 124 valence electrons. The van der Waals surface area contributed by atoms with Crippen molar-refractivity contribution in [3.63, 3.8) is 0 Å². The van der Waals surface area contributed by atoms with E-state index in [-0.39, 0.29) is 35.5 Å². The second-order valence-corrected chi connectivity index (χ2v) is 6.86. The molecule has 5 nitrogen and oxygen atoms in total. The van der Waals surface area contributed by atoms with Crippen molar-refractivity contribution in [2.24, 2.45) is 5.73 Å². The van der Waals surface area contributed by atoms with Crippen molar-refractivity contribution in [1.82, 2.24) is 5.32 Å². The van der Waals surface area contributed by atoms with Gasteiger partial charge in [0.2, 0.25) is 0 Å². The number of hydrogen-bond acceptors (Lipinski definition) is 4. The summed E-state index contributed by atoms with van der Waals surface area (Å²) in [6, 6.07) is 3.98. The molecule has 3 fully saturated rings. The predicted octanol–water partition coefficient (Wildman–Crippen LogP) is 1.96. The summed E-state index contributed by atoms with van der Waals surface area (Å²) in [5.74, 6) is -0.702. The number of nitrogens with two attached hydrogens (primary N) is 1. The molecule has 0 aromatic heterocycles. The number of fused-ring (bicyclic) bond motifs is 3. The number of carbonyl (C=O) groups excluding carboxylic acids is 2. The highest BCUT2D eigenvalue weighted by atomic mass is 35.5. The minimum atomic E-state index is -0.705. The lowest BCUT2D eigenvalue weighted by molar-refractivity contribution is -0.136. The second-order valence-electron chi connectivity index (χ2n) is 6.45. The molecule has 0 aliphatic heterocycles. The Morgan fingerprint density at radius 3 is 2.65 bits per heavy atom. The number of rotatable bonds is 4. The van der Waals surface area contributed by atoms with Crippen LogP contribution in [0.2, 0.25) is 5.02 Å². The quantitative estimate of drug-likeness (QED) is 0.878. The Labute approximate surface area is 138 Å². The van der Waals surface area contributed by atoms with Crippen LogP contribution in [-0.4, -0.2) is 29.4 Å². The maximum Gasteiger partial charge on any atom is 0.258 e. The Hall–Kier alpha value is -1.66. The van der Waals surface area contributed by atoms with Crippen LogP contribution in [0.25, 0.3) is 0 Å². The minimum Gasteiger partial charge on any atom is -0.484 e. The Balaban J connectivity index is 1.57. The fraction of sp³-hybridized carbons (Fsp3) is 0.500. The van der Waals surface area contributed by atoms with Crippen molar-refractivity contribution < 1.29 is 18.7 Å². The lowest BCUT2D eigenvalue weighted by Gasteiger charge is -2.50. The number of Topliss-reactive ketones (excluding diaryl/α,β-unsaturated/α-hetero) is 1. The Morgan fingerprint density at radius 2 is 2.04 bits per heavy atom.